The molecule has 1 amide bonds. The number of hydrogen-bond donors (Lipinski definition) is 4. The molecular formula is C29H34F2N7O4P. The minimum atomic E-state index is -3.48. The summed E-state index contributed by atoms with van der Waals surface area (Å²) in [6.45, 7) is 7.23. The Labute approximate surface area is 249 Å². The monoisotopic (exact) mass is 613 g/mol. The molecule has 2 aromatic heterocycles. The van der Waals surface area contributed by atoms with Gasteiger partial charge in [-0.25, -0.2) is 18.7 Å². The van der Waals surface area contributed by atoms with E-state index in [2.05, 4.69) is 47.5 Å². The Balaban J connectivity index is 1.56. The molecule has 3 aromatic rings. The highest BCUT2D eigenvalue weighted by Gasteiger charge is 2.13. The fourth-order valence-electron chi connectivity index (χ4n) is 3.71. The third-order valence-corrected chi connectivity index (χ3v) is 6.58. The Morgan fingerprint density at radius 2 is 2.12 bits per heavy atom. The number of allylic oxidation sites excluding steroid dienone is 3. The van der Waals surface area contributed by atoms with Crippen LogP contribution in [0, 0.1) is 23.5 Å². The molecule has 1 unspecified atom stereocenters. The van der Waals surface area contributed by atoms with Gasteiger partial charge in [-0.1, -0.05) is 30.9 Å². The molecule has 43 heavy (non-hydrogen) atoms. The van der Waals surface area contributed by atoms with Crippen LogP contribution in [-0.2, 0) is 20.3 Å². The van der Waals surface area contributed by atoms with Crippen LogP contribution in [0.3, 0.4) is 0 Å². The number of nitrogens with zero attached hydrogens (tertiary/aromatic N) is 4. The van der Waals surface area contributed by atoms with Crippen molar-refractivity contribution in [3.63, 3.8) is 0 Å². The van der Waals surface area contributed by atoms with Crippen molar-refractivity contribution in [1.29, 1.82) is 0 Å². The molecule has 0 aliphatic heterocycles. The number of rotatable bonds is 14. The van der Waals surface area contributed by atoms with Gasteiger partial charge in [-0.3, -0.25) is 14.5 Å². The van der Waals surface area contributed by atoms with Crippen LogP contribution in [0.5, 0.6) is 0 Å². The van der Waals surface area contributed by atoms with Gasteiger partial charge in [-0.15, -0.1) is 0 Å². The standard InChI is InChI=1S/C29H34F2N7O4P/c1-4-21(9-6-7-14-38(5-2)15-16-42-43(3,40)41)12-13-22-19-32-20-33-29(22)35-26-17-23(36-37-26)18-27(39)34-25-11-8-10-24(30)28(25)31/h4,8,10-13,17,19-20H,5,7,14-16,18H2,1-3H3,(H,34,39)(H,40,41)(H2,32,33,35,36,37)/b13-12-,21-4-. The predicted octanol–water partition coefficient (Wildman–Crippen LogP) is 4.91. The number of carbonyl (C=O) groups excluding carboxylic acids is 1. The first-order chi connectivity index (χ1) is 20.6. The van der Waals surface area contributed by atoms with Gasteiger partial charge in [0.15, 0.2) is 17.5 Å². The summed E-state index contributed by atoms with van der Waals surface area (Å²) >= 11 is 0. The van der Waals surface area contributed by atoms with Gasteiger partial charge in [0, 0.05) is 55.3 Å². The Hall–Kier alpha value is -4.21. The van der Waals surface area contributed by atoms with Crippen LogP contribution >= 0.6 is 7.60 Å². The van der Waals surface area contributed by atoms with Gasteiger partial charge in [0.1, 0.15) is 12.1 Å². The molecule has 0 fully saturated rings. The van der Waals surface area contributed by atoms with Crippen LogP contribution in [0.1, 0.15) is 31.5 Å². The van der Waals surface area contributed by atoms with Crippen molar-refractivity contribution in [2.75, 3.05) is 43.5 Å². The number of aromatic amines is 1. The SMILES string of the molecule is C/C=C(C#CCCN(CC)CCOP(C)(=O)O)\C=C/c1cncnc1Nc1cc(CC(=O)Nc2cccc(F)c2F)[nH]n1. The van der Waals surface area contributed by atoms with Crippen molar-refractivity contribution in [1.82, 2.24) is 25.1 Å². The highest BCUT2D eigenvalue weighted by Crippen LogP contribution is 2.36. The molecule has 0 aliphatic rings. The van der Waals surface area contributed by atoms with Crippen LogP contribution in [0.15, 0.2) is 54.5 Å². The van der Waals surface area contributed by atoms with Crippen molar-refractivity contribution >= 4 is 36.9 Å². The zero-order valence-electron chi connectivity index (χ0n) is 24.1. The van der Waals surface area contributed by atoms with Crippen molar-refractivity contribution in [3.05, 3.63) is 77.4 Å². The number of likely N-dealkylation sites (N-methyl/N-ethyl adjacent to an activating group) is 1. The fraction of sp³-hybridized carbons (Fsp3) is 0.310. The molecule has 0 saturated heterocycles. The molecule has 11 nitrogen and oxygen atoms in total. The van der Waals surface area contributed by atoms with E-state index >= 15 is 0 Å². The van der Waals surface area contributed by atoms with Crippen LogP contribution in [0.25, 0.3) is 6.08 Å². The number of aromatic nitrogens is 4. The van der Waals surface area contributed by atoms with Gasteiger partial charge in [0.2, 0.25) is 5.91 Å². The Morgan fingerprint density at radius 1 is 1.30 bits per heavy atom. The minimum Gasteiger partial charge on any atom is -0.324 e. The zero-order chi connectivity index (χ0) is 31.2. The lowest BCUT2D eigenvalue weighted by molar-refractivity contribution is -0.115. The molecule has 0 saturated carbocycles. The van der Waals surface area contributed by atoms with E-state index in [1.165, 1.54) is 25.1 Å². The third kappa shape index (κ3) is 11.5. The van der Waals surface area contributed by atoms with Crippen molar-refractivity contribution in [2.24, 2.45) is 0 Å². The second-order valence-electron chi connectivity index (χ2n) is 9.26. The van der Waals surface area contributed by atoms with Crippen LogP contribution in [0.4, 0.5) is 26.1 Å². The van der Waals surface area contributed by atoms with Gasteiger partial charge >= 0.3 is 7.60 Å². The molecule has 14 heteroatoms. The molecular weight excluding hydrogens is 579 g/mol. The van der Waals surface area contributed by atoms with E-state index in [-0.39, 0.29) is 18.7 Å². The zero-order valence-corrected chi connectivity index (χ0v) is 25.0. The molecule has 2 heterocycles. The van der Waals surface area contributed by atoms with E-state index in [0.29, 0.717) is 42.4 Å². The molecule has 4 N–H and O–H groups in total. The largest absolute Gasteiger partial charge is 0.325 e. The second-order valence-corrected chi connectivity index (χ2v) is 11.1. The number of H-pyrrole nitrogens is 1. The topological polar surface area (TPSA) is 145 Å². The summed E-state index contributed by atoms with van der Waals surface area (Å²) < 4.78 is 43.4. The predicted molar refractivity (Wildman–Crippen MR) is 162 cm³/mol. The maximum atomic E-state index is 13.8. The van der Waals surface area contributed by atoms with Crippen molar-refractivity contribution in [2.45, 2.75) is 26.7 Å². The van der Waals surface area contributed by atoms with Crippen LogP contribution in [0.2, 0.25) is 0 Å². The third-order valence-electron chi connectivity index (χ3n) is 5.92. The maximum Gasteiger partial charge on any atom is 0.325 e. The van der Waals surface area contributed by atoms with Crippen molar-refractivity contribution in [3.8, 4) is 11.8 Å². The van der Waals surface area contributed by atoms with E-state index in [1.54, 1.807) is 12.3 Å². The number of hydrogen-bond acceptors (Lipinski definition) is 8. The van der Waals surface area contributed by atoms with Gasteiger partial charge in [-0.05, 0) is 37.8 Å². The minimum absolute atomic E-state index is 0.141. The summed E-state index contributed by atoms with van der Waals surface area (Å²) in [5.41, 5.74) is 1.66. The Bertz CT molecular complexity index is 1560. The molecule has 0 radical (unpaired) electrons. The van der Waals surface area contributed by atoms with Crippen LogP contribution < -0.4 is 10.6 Å². The molecule has 1 atom stereocenters. The number of carbonyl (C=O) groups is 1. The van der Waals surface area contributed by atoms with E-state index in [9.17, 15) is 23.0 Å². The molecule has 228 valence electrons. The van der Waals surface area contributed by atoms with E-state index in [4.69, 9.17) is 4.52 Å². The molecule has 1 aromatic carbocycles. The quantitative estimate of drug-likeness (QED) is 0.113. The summed E-state index contributed by atoms with van der Waals surface area (Å²) in [5, 5.41) is 12.3. The van der Waals surface area contributed by atoms with Gasteiger partial charge in [-0.2, -0.15) is 5.10 Å². The normalized spacial score (nSPS) is 13.0. The Morgan fingerprint density at radius 3 is 2.86 bits per heavy atom. The first kappa shape index (κ1) is 33.3. The summed E-state index contributed by atoms with van der Waals surface area (Å²) in [6.07, 6.45) is 9.02. The van der Waals surface area contributed by atoms with Crippen LogP contribution in [-0.4, -0.2) is 68.8 Å². The van der Waals surface area contributed by atoms with E-state index < -0.39 is 25.1 Å². The summed E-state index contributed by atoms with van der Waals surface area (Å²) in [5.74, 6) is 4.43. The molecule has 0 bridgehead atoms. The fourth-order valence-corrected chi connectivity index (χ4v) is 4.13. The summed E-state index contributed by atoms with van der Waals surface area (Å²) in [7, 11) is -3.48. The van der Waals surface area contributed by atoms with Gasteiger partial charge in [0.25, 0.3) is 0 Å². The number of halogens is 2. The number of amides is 1. The molecule has 0 spiro atoms. The Kier molecular flexibility index (Phi) is 12.7. The summed E-state index contributed by atoms with van der Waals surface area (Å²) in [6, 6.07) is 5.15. The number of benzene rings is 1. The average molecular weight is 614 g/mol. The average Bonchev–Trinajstić information content (AvgIpc) is 3.40. The maximum absolute atomic E-state index is 13.8. The first-order valence-corrected chi connectivity index (χ1v) is 15.5. The molecule has 3 rings (SSSR count). The first-order valence-electron chi connectivity index (χ1n) is 13.4. The smallest absolute Gasteiger partial charge is 0.324 e. The lowest BCUT2D eigenvalue weighted by Gasteiger charge is -2.19. The van der Waals surface area contributed by atoms with E-state index in [0.717, 1.165) is 18.2 Å². The molecule has 0 aliphatic carbocycles. The number of anilines is 3. The highest BCUT2D eigenvalue weighted by atomic mass is 31.2. The lowest BCUT2D eigenvalue weighted by Crippen LogP contribution is -2.28. The van der Waals surface area contributed by atoms with Gasteiger partial charge in [0.05, 0.1) is 18.7 Å². The van der Waals surface area contributed by atoms with E-state index in [1.807, 2.05) is 32.1 Å². The number of nitrogens with one attached hydrogen (secondary N) is 3. The van der Waals surface area contributed by atoms with Crippen molar-refractivity contribution < 1.29 is 27.6 Å². The van der Waals surface area contributed by atoms with Gasteiger partial charge < -0.3 is 25.0 Å². The highest BCUT2D eigenvalue weighted by molar-refractivity contribution is 7.51. The lowest BCUT2D eigenvalue weighted by atomic mass is 10.2. The second kappa shape index (κ2) is 16.4. The summed E-state index contributed by atoms with van der Waals surface area (Å²) in [4.78, 5) is 32.0.